The van der Waals surface area contributed by atoms with Gasteiger partial charge < -0.3 is 10.6 Å². The summed E-state index contributed by atoms with van der Waals surface area (Å²) in [6, 6.07) is 11.7. The fourth-order valence-corrected chi connectivity index (χ4v) is 3.41. The van der Waals surface area contributed by atoms with Crippen LogP contribution in [0.4, 0.5) is 5.69 Å². The Labute approximate surface area is 196 Å². The number of aryl methyl sites for hydroxylation is 1. The Morgan fingerprint density at radius 2 is 1.75 bits per heavy atom. The van der Waals surface area contributed by atoms with Crippen molar-refractivity contribution in [2.75, 3.05) is 17.3 Å². The first-order chi connectivity index (χ1) is 15.2. The molecule has 1 heterocycles. The van der Waals surface area contributed by atoms with Crippen molar-refractivity contribution >= 4 is 57.5 Å². The van der Waals surface area contributed by atoms with Crippen LogP contribution in [-0.2, 0) is 9.59 Å². The Morgan fingerprint density at radius 1 is 1.00 bits per heavy atom. The summed E-state index contributed by atoms with van der Waals surface area (Å²) >= 11 is 12.2. The van der Waals surface area contributed by atoms with E-state index < -0.39 is 17.7 Å². The number of hydrogen-bond donors (Lipinski definition) is 3. The molecule has 3 N–H and O–H groups in total. The summed E-state index contributed by atoms with van der Waals surface area (Å²) in [4.78, 5) is 37.7. The van der Waals surface area contributed by atoms with Gasteiger partial charge in [-0.05, 0) is 61.2 Å². The number of amides is 3. The second-order valence-electron chi connectivity index (χ2n) is 7.87. The summed E-state index contributed by atoms with van der Waals surface area (Å²) in [5.41, 5.74) is 4.54. The minimum atomic E-state index is -0.881. The number of fused-ring (bicyclic) bond motifs is 1. The maximum absolute atomic E-state index is 13.0. The Hall–Kier alpha value is -3.03. The smallest absolute Gasteiger partial charge is 0.328 e. The zero-order valence-corrected chi connectivity index (χ0v) is 19.5. The second kappa shape index (κ2) is 10.1. The zero-order chi connectivity index (χ0) is 23.4. The summed E-state index contributed by atoms with van der Waals surface area (Å²) in [5, 5.41) is 6.97. The van der Waals surface area contributed by atoms with E-state index in [0.717, 1.165) is 12.0 Å². The Bertz CT molecular complexity index is 1190. The van der Waals surface area contributed by atoms with E-state index in [-0.39, 0.29) is 5.69 Å². The van der Waals surface area contributed by atoms with Gasteiger partial charge in [-0.1, -0.05) is 43.1 Å². The van der Waals surface area contributed by atoms with Crippen LogP contribution < -0.4 is 16.1 Å². The summed E-state index contributed by atoms with van der Waals surface area (Å²) in [6.45, 7) is 6.29. The first-order valence-corrected chi connectivity index (χ1v) is 10.9. The number of aromatic nitrogens is 1. The van der Waals surface area contributed by atoms with Gasteiger partial charge in [0, 0.05) is 27.7 Å². The number of anilines is 1. The van der Waals surface area contributed by atoms with Gasteiger partial charge in [0.25, 0.3) is 5.91 Å². The molecule has 32 heavy (non-hydrogen) atoms. The van der Waals surface area contributed by atoms with Crippen molar-refractivity contribution in [3.63, 3.8) is 0 Å². The molecule has 7 nitrogen and oxygen atoms in total. The first-order valence-electron chi connectivity index (χ1n) is 10.1. The van der Waals surface area contributed by atoms with E-state index in [1.54, 1.807) is 42.5 Å². The molecule has 0 aliphatic rings. The Kier molecular flexibility index (Phi) is 7.43. The molecule has 0 aliphatic carbocycles. The number of benzene rings is 2. The van der Waals surface area contributed by atoms with Crippen LogP contribution in [0.25, 0.3) is 10.9 Å². The lowest BCUT2D eigenvalue weighted by Gasteiger charge is -2.13. The average molecular weight is 475 g/mol. The normalized spacial score (nSPS) is 10.9. The number of rotatable bonds is 6. The molecule has 2 aromatic carbocycles. The molecule has 3 aromatic rings. The fourth-order valence-electron chi connectivity index (χ4n) is 3.05. The van der Waals surface area contributed by atoms with E-state index in [9.17, 15) is 14.4 Å². The lowest BCUT2D eigenvalue weighted by atomic mass is 10.1. The van der Waals surface area contributed by atoms with Gasteiger partial charge in [-0.15, -0.1) is 0 Å². The van der Waals surface area contributed by atoms with Crippen molar-refractivity contribution in [1.29, 1.82) is 0 Å². The highest BCUT2D eigenvalue weighted by Gasteiger charge is 2.21. The van der Waals surface area contributed by atoms with E-state index in [4.69, 9.17) is 23.2 Å². The van der Waals surface area contributed by atoms with Crippen molar-refractivity contribution in [2.45, 2.75) is 27.2 Å². The highest BCUT2D eigenvalue weighted by Crippen LogP contribution is 2.25. The highest BCUT2D eigenvalue weighted by molar-refractivity contribution is 6.38. The van der Waals surface area contributed by atoms with E-state index >= 15 is 0 Å². The molecule has 0 radical (unpaired) electrons. The third-order valence-electron chi connectivity index (χ3n) is 4.85. The van der Waals surface area contributed by atoms with Gasteiger partial charge in [0.05, 0.1) is 5.52 Å². The largest absolute Gasteiger partial charge is 0.348 e. The summed E-state index contributed by atoms with van der Waals surface area (Å²) in [7, 11) is 0. The fraction of sp³-hybridized carbons (Fsp3) is 0.261. The van der Waals surface area contributed by atoms with Gasteiger partial charge in [0.1, 0.15) is 5.69 Å². The van der Waals surface area contributed by atoms with Crippen molar-refractivity contribution in [1.82, 2.24) is 9.99 Å². The number of nitrogens with one attached hydrogen (secondary N) is 3. The van der Waals surface area contributed by atoms with Gasteiger partial charge in [-0.3, -0.25) is 19.8 Å². The van der Waals surface area contributed by atoms with Crippen LogP contribution in [0.1, 0.15) is 36.3 Å². The van der Waals surface area contributed by atoms with Crippen molar-refractivity contribution < 1.29 is 14.4 Å². The molecule has 0 bridgehead atoms. The Balaban J connectivity index is 1.88. The molecule has 3 rings (SSSR count). The van der Waals surface area contributed by atoms with Gasteiger partial charge in [0.2, 0.25) is 0 Å². The molecule has 168 valence electrons. The van der Waals surface area contributed by atoms with Crippen LogP contribution in [0.15, 0.2) is 42.5 Å². The first kappa shape index (κ1) is 23.6. The van der Waals surface area contributed by atoms with Gasteiger partial charge in [-0.25, -0.2) is 4.68 Å². The van der Waals surface area contributed by atoms with Crippen LogP contribution in [0, 0.1) is 12.8 Å². The minimum Gasteiger partial charge on any atom is -0.348 e. The third kappa shape index (κ3) is 5.60. The number of halogens is 2. The molecule has 0 saturated carbocycles. The Morgan fingerprint density at radius 3 is 2.44 bits per heavy atom. The van der Waals surface area contributed by atoms with E-state index in [1.807, 2.05) is 20.8 Å². The van der Waals surface area contributed by atoms with Crippen LogP contribution in [0.3, 0.4) is 0 Å². The van der Waals surface area contributed by atoms with Crippen LogP contribution in [0.2, 0.25) is 10.0 Å². The molecule has 0 fully saturated rings. The molecule has 0 atom stereocenters. The molecule has 0 spiro atoms. The monoisotopic (exact) mass is 474 g/mol. The topological polar surface area (TPSA) is 92.2 Å². The van der Waals surface area contributed by atoms with E-state index in [0.29, 0.717) is 39.1 Å². The van der Waals surface area contributed by atoms with E-state index in [1.165, 1.54) is 4.68 Å². The van der Waals surface area contributed by atoms with Crippen molar-refractivity contribution in [3.8, 4) is 0 Å². The quantitative estimate of drug-likeness (QED) is 0.450. The average Bonchev–Trinajstić information content (AvgIpc) is 3.07. The van der Waals surface area contributed by atoms with Crippen molar-refractivity contribution in [2.24, 2.45) is 5.92 Å². The number of nitrogens with zero attached hydrogens (tertiary/aromatic N) is 1. The predicted octanol–water partition coefficient (Wildman–Crippen LogP) is 4.74. The molecule has 9 heteroatoms. The van der Waals surface area contributed by atoms with Crippen LogP contribution in [-0.4, -0.2) is 28.9 Å². The number of carbonyl (C=O) groups is 3. The van der Waals surface area contributed by atoms with Crippen LogP contribution >= 0.6 is 23.2 Å². The lowest BCUT2D eigenvalue weighted by molar-refractivity contribution is -0.136. The molecular formula is C23H24Cl2N4O3. The van der Waals surface area contributed by atoms with Crippen molar-refractivity contribution in [3.05, 3.63) is 63.8 Å². The molecule has 0 saturated heterocycles. The molecule has 0 aliphatic heterocycles. The summed E-state index contributed by atoms with van der Waals surface area (Å²) in [5.74, 6) is -1.76. The highest BCUT2D eigenvalue weighted by atomic mass is 35.5. The van der Waals surface area contributed by atoms with Gasteiger partial charge in [0.15, 0.2) is 0 Å². The zero-order valence-electron chi connectivity index (χ0n) is 18.0. The predicted molar refractivity (Wildman–Crippen MR) is 128 cm³/mol. The van der Waals surface area contributed by atoms with E-state index in [2.05, 4.69) is 16.1 Å². The maximum atomic E-state index is 13.0. The number of carbonyl (C=O) groups excluding carboxylic acids is 3. The van der Waals surface area contributed by atoms with Gasteiger partial charge in [-0.2, -0.15) is 0 Å². The van der Waals surface area contributed by atoms with Gasteiger partial charge >= 0.3 is 11.8 Å². The third-order valence-corrected chi connectivity index (χ3v) is 5.50. The molecule has 1 aromatic heterocycles. The lowest BCUT2D eigenvalue weighted by Crippen LogP contribution is -2.40. The SMILES string of the molecule is Cc1ccc(NC(=O)c2cc3cc(Cl)ccc3n2NC(=O)C(=O)NCCC(C)C)cc1Cl. The molecular weight excluding hydrogens is 451 g/mol. The summed E-state index contributed by atoms with van der Waals surface area (Å²) in [6.07, 6.45) is 0.747. The maximum Gasteiger partial charge on any atom is 0.328 e. The minimum absolute atomic E-state index is 0.127. The molecule has 0 unspecified atom stereocenters. The standard InChI is InChI=1S/C23H24Cl2N4O3/c1-13(2)8-9-26-22(31)23(32)28-29-19-7-5-16(24)10-15(19)11-20(29)21(30)27-17-6-4-14(3)18(25)12-17/h4-7,10-13H,8-9H2,1-3H3,(H,26,31)(H,27,30)(H,28,32). The molecule has 3 amide bonds. The number of hydrogen-bond acceptors (Lipinski definition) is 3. The second-order valence-corrected chi connectivity index (χ2v) is 8.71. The summed E-state index contributed by atoms with van der Waals surface area (Å²) < 4.78 is 1.28. The van der Waals surface area contributed by atoms with Crippen LogP contribution in [0.5, 0.6) is 0 Å².